The monoisotopic (exact) mass is 507 g/mol. The molecule has 7 nitrogen and oxygen atoms in total. The molecule has 0 saturated carbocycles. The summed E-state index contributed by atoms with van der Waals surface area (Å²) in [4.78, 5) is 25.4. The number of benzene rings is 3. The van der Waals surface area contributed by atoms with Crippen LogP contribution in [-0.2, 0) is 10.0 Å². The van der Waals surface area contributed by atoms with Gasteiger partial charge in [-0.25, -0.2) is 8.42 Å². The number of nitrogens with zero attached hydrogens (tertiary/aromatic N) is 1. The maximum absolute atomic E-state index is 13.1. The fourth-order valence-corrected chi connectivity index (χ4v) is 5.13. The third-order valence-corrected chi connectivity index (χ3v) is 7.60. The minimum Gasteiger partial charge on any atom is -0.322 e. The average molecular weight is 508 g/mol. The van der Waals surface area contributed by atoms with Crippen LogP contribution in [-0.4, -0.2) is 37.6 Å². The smallest absolute Gasteiger partial charge is 0.255 e. The third kappa shape index (κ3) is 7.26. The zero-order valence-corrected chi connectivity index (χ0v) is 21.6. The molecule has 0 atom stereocenters. The van der Waals surface area contributed by atoms with Gasteiger partial charge in [0.25, 0.3) is 11.8 Å². The molecule has 0 radical (unpaired) electrons. The fraction of sp³-hybridized carbons (Fsp3) is 0.286. The number of unbranched alkanes of at least 4 members (excludes halogenated alkanes) is 2. The standard InChI is InChI=1S/C28H33N3O4S/c1-3-5-19-31(20-6-4-2)36(34,35)26-17-15-24(16-18-26)29-28(33)23-13-10-14-25(21-23)30-27(32)22-11-8-7-9-12-22/h7-18,21H,3-6,19-20H2,1-2H3,(H,29,33)(H,30,32). The maximum atomic E-state index is 13.1. The van der Waals surface area contributed by atoms with Crippen LogP contribution in [0, 0.1) is 0 Å². The van der Waals surface area contributed by atoms with Crippen molar-refractivity contribution in [2.24, 2.45) is 0 Å². The Morgan fingerprint density at radius 2 is 1.25 bits per heavy atom. The van der Waals surface area contributed by atoms with Gasteiger partial charge < -0.3 is 10.6 Å². The first-order valence-corrected chi connectivity index (χ1v) is 13.7. The Balaban J connectivity index is 1.68. The number of nitrogens with one attached hydrogen (secondary N) is 2. The predicted octanol–water partition coefficient (Wildman–Crippen LogP) is 5.78. The molecule has 0 aromatic heterocycles. The van der Waals surface area contributed by atoms with Gasteiger partial charge in [-0.05, 0) is 67.4 Å². The van der Waals surface area contributed by atoms with Crippen LogP contribution in [0.1, 0.15) is 60.2 Å². The third-order valence-electron chi connectivity index (χ3n) is 5.69. The van der Waals surface area contributed by atoms with Crippen LogP contribution < -0.4 is 10.6 Å². The van der Waals surface area contributed by atoms with Crippen molar-refractivity contribution in [2.45, 2.75) is 44.4 Å². The van der Waals surface area contributed by atoms with Crippen molar-refractivity contribution in [3.05, 3.63) is 90.0 Å². The van der Waals surface area contributed by atoms with Gasteiger partial charge in [-0.1, -0.05) is 51.0 Å². The molecular formula is C28H33N3O4S. The number of anilines is 2. The summed E-state index contributed by atoms with van der Waals surface area (Å²) in [6.45, 7) is 5.06. The van der Waals surface area contributed by atoms with Crippen molar-refractivity contribution < 1.29 is 18.0 Å². The van der Waals surface area contributed by atoms with Crippen LogP contribution >= 0.6 is 0 Å². The molecule has 2 amide bonds. The van der Waals surface area contributed by atoms with E-state index in [1.165, 1.54) is 12.1 Å². The summed E-state index contributed by atoms with van der Waals surface area (Å²) in [5, 5.41) is 5.58. The maximum Gasteiger partial charge on any atom is 0.255 e. The van der Waals surface area contributed by atoms with Crippen LogP contribution in [0.4, 0.5) is 11.4 Å². The highest BCUT2D eigenvalue weighted by Gasteiger charge is 2.23. The molecule has 190 valence electrons. The number of hydrogen-bond donors (Lipinski definition) is 2. The van der Waals surface area contributed by atoms with Gasteiger partial charge in [0.15, 0.2) is 0 Å². The first-order valence-electron chi connectivity index (χ1n) is 12.2. The van der Waals surface area contributed by atoms with Crippen LogP contribution in [0.2, 0.25) is 0 Å². The van der Waals surface area contributed by atoms with Gasteiger partial charge in [0.2, 0.25) is 10.0 Å². The van der Waals surface area contributed by atoms with Crippen molar-refractivity contribution >= 4 is 33.2 Å². The Morgan fingerprint density at radius 1 is 0.694 bits per heavy atom. The van der Waals surface area contributed by atoms with E-state index in [4.69, 9.17) is 0 Å². The molecule has 0 spiro atoms. The minimum absolute atomic E-state index is 0.207. The van der Waals surface area contributed by atoms with Gasteiger partial charge in [-0.2, -0.15) is 4.31 Å². The van der Waals surface area contributed by atoms with Crippen LogP contribution in [0.25, 0.3) is 0 Å². The molecule has 0 aliphatic heterocycles. The van der Waals surface area contributed by atoms with Crippen molar-refractivity contribution in [1.82, 2.24) is 4.31 Å². The molecule has 0 bridgehead atoms. The van der Waals surface area contributed by atoms with Crippen LogP contribution in [0.3, 0.4) is 0 Å². The number of hydrogen-bond acceptors (Lipinski definition) is 4. The van der Waals surface area contributed by atoms with E-state index in [1.54, 1.807) is 65.0 Å². The number of rotatable bonds is 12. The lowest BCUT2D eigenvalue weighted by molar-refractivity contribution is 0.101. The molecule has 3 aromatic carbocycles. The number of carbonyl (C=O) groups is 2. The Bertz CT molecular complexity index is 1250. The van der Waals surface area contributed by atoms with E-state index < -0.39 is 10.0 Å². The second kappa shape index (κ2) is 13.0. The highest BCUT2D eigenvalue weighted by molar-refractivity contribution is 7.89. The summed E-state index contributed by atoms with van der Waals surface area (Å²) in [5.74, 6) is -0.634. The molecule has 3 aromatic rings. The van der Waals surface area contributed by atoms with Crippen LogP contribution in [0.5, 0.6) is 0 Å². The van der Waals surface area contributed by atoms with Gasteiger partial charge in [0.1, 0.15) is 0 Å². The Morgan fingerprint density at radius 3 is 1.86 bits per heavy atom. The summed E-state index contributed by atoms with van der Waals surface area (Å²) < 4.78 is 27.8. The summed E-state index contributed by atoms with van der Waals surface area (Å²) in [6.07, 6.45) is 3.45. The van der Waals surface area contributed by atoms with Crippen molar-refractivity contribution in [2.75, 3.05) is 23.7 Å². The van der Waals surface area contributed by atoms with Gasteiger partial charge in [-0.3, -0.25) is 9.59 Å². The molecule has 0 unspecified atom stereocenters. The van der Waals surface area contributed by atoms with Gasteiger partial charge in [0, 0.05) is 35.6 Å². The summed E-state index contributed by atoms with van der Waals surface area (Å²) in [6, 6.07) is 21.7. The molecule has 0 fully saturated rings. The van der Waals surface area contributed by atoms with Gasteiger partial charge >= 0.3 is 0 Å². The van der Waals surface area contributed by atoms with Crippen molar-refractivity contribution in [1.29, 1.82) is 0 Å². The predicted molar refractivity (Wildman–Crippen MR) is 144 cm³/mol. The zero-order chi connectivity index (χ0) is 26.0. The van der Waals surface area contributed by atoms with Crippen molar-refractivity contribution in [3.63, 3.8) is 0 Å². The Labute approximate surface area is 213 Å². The van der Waals surface area contributed by atoms with Crippen molar-refractivity contribution in [3.8, 4) is 0 Å². The number of amides is 2. The molecule has 0 aliphatic carbocycles. The van der Waals surface area contributed by atoms with E-state index in [-0.39, 0.29) is 16.7 Å². The molecule has 3 rings (SSSR count). The molecule has 8 heteroatoms. The zero-order valence-electron chi connectivity index (χ0n) is 20.7. The molecular weight excluding hydrogens is 474 g/mol. The van der Waals surface area contributed by atoms with E-state index in [1.807, 2.05) is 19.9 Å². The summed E-state index contributed by atoms with van der Waals surface area (Å²) in [7, 11) is -3.60. The minimum atomic E-state index is -3.60. The normalized spacial score (nSPS) is 11.3. The molecule has 36 heavy (non-hydrogen) atoms. The average Bonchev–Trinajstić information content (AvgIpc) is 2.89. The molecule has 0 saturated heterocycles. The largest absolute Gasteiger partial charge is 0.322 e. The second-order valence-electron chi connectivity index (χ2n) is 8.49. The fourth-order valence-electron chi connectivity index (χ4n) is 3.61. The van der Waals surface area contributed by atoms with Crippen LogP contribution in [0.15, 0.2) is 83.8 Å². The lowest BCUT2D eigenvalue weighted by atomic mass is 10.1. The Hall–Kier alpha value is -3.49. The van der Waals surface area contributed by atoms with Gasteiger partial charge in [0.05, 0.1) is 4.90 Å². The molecule has 0 heterocycles. The SMILES string of the molecule is CCCCN(CCCC)S(=O)(=O)c1ccc(NC(=O)c2cccc(NC(=O)c3ccccc3)c2)cc1. The highest BCUT2D eigenvalue weighted by atomic mass is 32.2. The lowest BCUT2D eigenvalue weighted by Crippen LogP contribution is -2.33. The summed E-state index contributed by atoms with van der Waals surface area (Å²) >= 11 is 0. The topological polar surface area (TPSA) is 95.6 Å². The highest BCUT2D eigenvalue weighted by Crippen LogP contribution is 2.21. The second-order valence-corrected chi connectivity index (χ2v) is 10.4. The lowest BCUT2D eigenvalue weighted by Gasteiger charge is -2.22. The Kier molecular flexibility index (Phi) is 9.78. The van der Waals surface area contributed by atoms with E-state index in [0.717, 1.165) is 25.7 Å². The van der Waals surface area contributed by atoms with E-state index in [9.17, 15) is 18.0 Å². The van der Waals surface area contributed by atoms with Gasteiger partial charge in [-0.15, -0.1) is 0 Å². The van der Waals surface area contributed by atoms with E-state index in [0.29, 0.717) is 35.6 Å². The quantitative estimate of drug-likeness (QED) is 0.325. The first-order chi connectivity index (χ1) is 17.3. The number of carbonyl (C=O) groups excluding carboxylic acids is 2. The van der Waals surface area contributed by atoms with E-state index in [2.05, 4.69) is 10.6 Å². The number of sulfonamides is 1. The van der Waals surface area contributed by atoms with E-state index >= 15 is 0 Å². The molecule has 0 aliphatic rings. The molecule has 2 N–H and O–H groups in total. The summed E-state index contributed by atoms with van der Waals surface area (Å²) in [5.41, 5.74) is 1.86. The first kappa shape index (κ1) is 27.1.